The average molecular weight is 324 g/mol. The molecule has 1 aliphatic heterocycles. The standard InChI is InChI=1S/C15H17N3OS.ClH/c1-10-4-5-11-3-2-6-18(13(11)7-10)15(19)12-9-20-14(8-16)17-12;/h4-5,7,9H,2-3,6,8,16H2,1H3;1H. The van der Waals surface area contributed by atoms with Gasteiger partial charge in [0.1, 0.15) is 10.7 Å². The minimum atomic E-state index is -0.0208. The van der Waals surface area contributed by atoms with E-state index >= 15 is 0 Å². The number of nitrogens with two attached hydrogens (primary N) is 1. The summed E-state index contributed by atoms with van der Waals surface area (Å²) < 4.78 is 0. The van der Waals surface area contributed by atoms with Crippen LogP contribution in [-0.4, -0.2) is 17.4 Å². The summed E-state index contributed by atoms with van der Waals surface area (Å²) in [6.07, 6.45) is 2.03. The van der Waals surface area contributed by atoms with Crippen LogP contribution in [0, 0.1) is 6.92 Å². The van der Waals surface area contributed by atoms with Crippen LogP contribution >= 0.6 is 23.7 Å². The first kappa shape index (κ1) is 15.9. The van der Waals surface area contributed by atoms with Gasteiger partial charge < -0.3 is 10.6 Å². The highest BCUT2D eigenvalue weighted by molar-refractivity contribution is 7.09. The Balaban J connectivity index is 0.00000161. The molecule has 21 heavy (non-hydrogen) atoms. The zero-order chi connectivity index (χ0) is 14.1. The van der Waals surface area contributed by atoms with Crippen molar-refractivity contribution in [1.82, 2.24) is 4.98 Å². The monoisotopic (exact) mass is 323 g/mol. The molecule has 0 saturated heterocycles. The molecule has 0 bridgehead atoms. The van der Waals surface area contributed by atoms with E-state index in [0.717, 1.165) is 30.1 Å². The van der Waals surface area contributed by atoms with Gasteiger partial charge in [0, 0.05) is 24.2 Å². The lowest BCUT2D eigenvalue weighted by Crippen LogP contribution is -2.35. The number of carbonyl (C=O) groups is 1. The summed E-state index contributed by atoms with van der Waals surface area (Å²) in [5.74, 6) is -0.0208. The van der Waals surface area contributed by atoms with Crippen molar-refractivity contribution in [2.75, 3.05) is 11.4 Å². The quantitative estimate of drug-likeness (QED) is 0.924. The Morgan fingerprint density at radius 2 is 2.29 bits per heavy atom. The predicted octanol–water partition coefficient (Wildman–Crippen LogP) is 2.93. The van der Waals surface area contributed by atoms with Gasteiger partial charge in [-0.2, -0.15) is 0 Å². The number of fused-ring (bicyclic) bond motifs is 1. The first-order valence-electron chi connectivity index (χ1n) is 6.75. The first-order chi connectivity index (χ1) is 9.69. The Morgan fingerprint density at radius 3 is 3.00 bits per heavy atom. The number of anilines is 1. The maximum atomic E-state index is 12.6. The molecule has 1 amide bonds. The van der Waals surface area contributed by atoms with E-state index in [9.17, 15) is 4.79 Å². The molecule has 3 rings (SSSR count). The minimum absolute atomic E-state index is 0. The lowest BCUT2D eigenvalue weighted by Gasteiger charge is -2.29. The molecule has 2 N–H and O–H groups in total. The number of amides is 1. The Kier molecular flexibility index (Phi) is 4.98. The Morgan fingerprint density at radius 1 is 1.48 bits per heavy atom. The molecule has 0 unspecified atom stereocenters. The summed E-state index contributed by atoms with van der Waals surface area (Å²) in [5.41, 5.74) is 9.51. The Hall–Kier alpha value is -1.43. The number of aryl methyl sites for hydroxylation is 2. The molecule has 0 atom stereocenters. The molecule has 4 nitrogen and oxygen atoms in total. The molecule has 0 aliphatic carbocycles. The van der Waals surface area contributed by atoms with Crippen LogP contribution in [0.25, 0.3) is 0 Å². The van der Waals surface area contributed by atoms with Crippen molar-refractivity contribution in [3.05, 3.63) is 45.4 Å². The second-order valence-electron chi connectivity index (χ2n) is 5.02. The summed E-state index contributed by atoms with van der Waals surface area (Å²) >= 11 is 1.44. The van der Waals surface area contributed by atoms with E-state index in [0.29, 0.717) is 12.2 Å². The van der Waals surface area contributed by atoms with Crippen molar-refractivity contribution in [1.29, 1.82) is 0 Å². The third-order valence-corrected chi connectivity index (χ3v) is 4.42. The number of halogens is 1. The second kappa shape index (κ2) is 6.56. The van der Waals surface area contributed by atoms with Crippen LogP contribution in [-0.2, 0) is 13.0 Å². The molecule has 6 heteroatoms. The summed E-state index contributed by atoms with van der Waals surface area (Å²) in [6.45, 7) is 3.19. The van der Waals surface area contributed by atoms with Crippen LogP contribution in [0.3, 0.4) is 0 Å². The Bertz CT molecular complexity index is 656. The number of nitrogens with zero attached hydrogens (tertiary/aromatic N) is 2. The first-order valence-corrected chi connectivity index (χ1v) is 7.63. The number of hydrogen-bond acceptors (Lipinski definition) is 4. The van der Waals surface area contributed by atoms with Gasteiger partial charge in [-0.3, -0.25) is 4.79 Å². The van der Waals surface area contributed by atoms with Gasteiger partial charge in [0.2, 0.25) is 0 Å². The number of benzene rings is 1. The topological polar surface area (TPSA) is 59.2 Å². The Labute approximate surface area is 134 Å². The highest BCUT2D eigenvalue weighted by Gasteiger charge is 2.25. The summed E-state index contributed by atoms with van der Waals surface area (Å²) in [4.78, 5) is 18.8. The van der Waals surface area contributed by atoms with Crippen LogP contribution in [0.5, 0.6) is 0 Å². The van der Waals surface area contributed by atoms with Crippen molar-refractivity contribution in [3.63, 3.8) is 0 Å². The minimum Gasteiger partial charge on any atom is -0.325 e. The lowest BCUT2D eigenvalue weighted by atomic mass is 9.99. The molecule has 0 spiro atoms. The summed E-state index contributed by atoms with van der Waals surface area (Å²) in [5, 5.41) is 2.60. The molecular formula is C15H18ClN3OS. The molecule has 0 radical (unpaired) electrons. The molecule has 1 aromatic heterocycles. The summed E-state index contributed by atoms with van der Waals surface area (Å²) in [7, 11) is 0. The number of rotatable bonds is 2. The normalized spacial score (nSPS) is 13.5. The molecule has 0 fully saturated rings. The molecule has 0 saturated carbocycles. The smallest absolute Gasteiger partial charge is 0.277 e. The maximum Gasteiger partial charge on any atom is 0.277 e. The van der Waals surface area contributed by atoms with Crippen LogP contribution in [0.15, 0.2) is 23.6 Å². The van der Waals surface area contributed by atoms with E-state index < -0.39 is 0 Å². The largest absolute Gasteiger partial charge is 0.325 e. The molecule has 1 aromatic carbocycles. The number of thiazole rings is 1. The van der Waals surface area contributed by atoms with E-state index in [4.69, 9.17) is 5.73 Å². The average Bonchev–Trinajstić information content (AvgIpc) is 2.94. The van der Waals surface area contributed by atoms with E-state index in [1.807, 2.05) is 11.8 Å². The van der Waals surface area contributed by atoms with Crippen LogP contribution in [0.2, 0.25) is 0 Å². The van der Waals surface area contributed by atoms with Crippen molar-refractivity contribution in [2.24, 2.45) is 5.73 Å². The van der Waals surface area contributed by atoms with Gasteiger partial charge in [-0.05, 0) is 37.0 Å². The second-order valence-corrected chi connectivity index (χ2v) is 5.97. The van der Waals surface area contributed by atoms with Crippen LogP contribution in [0.1, 0.15) is 33.0 Å². The van der Waals surface area contributed by atoms with Gasteiger partial charge in [-0.1, -0.05) is 12.1 Å². The number of hydrogen-bond donors (Lipinski definition) is 1. The summed E-state index contributed by atoms with van der Waals surface area (Å²) in [6, 6.07) is 6.31. The van der Waals surface area contributed by atoms with Gasteiger partial charge >= 0.3 is 0 Å². The fourth-order valence-corrected chi connectivity index (χ4v) is 3.19. The molecule has 2 aromatic rings. The van der Waals surface area contributed by atoms with Crippen LogP contribution in [0.4, 0.5) is 5.69 Å². The lowest BCUT2D eigenvalue weighted by molar-refractivity contribution is 0.0981. The molecule has 2 heterocycles. The van der Waals surface area contributed by atoms with Crippen LogP contribution < -0.4 is 10.6 Å². The highest BCUT2D eigenvalue weighted by atomic mass is 35.5. The number of aromatic nitrogens is 1. The van der Waals surface area contributed by atoms with Gasteiger partial charge in [0.25, 0.3) is 5.91 Å². The van der Waals surface area contributed by atoms with E-state index in [1.165, 1.54) is 22.5 Å². The van der Waals surface area contributed by atoms with Crippen molar-refractivity contribution in [3.8, 4) is 0 Å². The van der Waals surface area contributed by atoms with Gasteiger partial charge in [0.15, 0.2) is 0 Å². The van der Waals surface area contributed by atoms with E-state index in [1.54, 1.807) is 5.38 Å². The molecule has 1 aliphatic rings. The van der Waals surface area contributed by atoms with Gasteiger partial charge in [-0.25, -0.2) is 4.98 Å². The zero-order valence-corrected chi connectivity index (χ0v) is 13.5. The fourth-order valence-electron chi connectivity index (χ4n) is 2.54. The fraction of sp³-hybridized carbons (Fsp3) is 0.333. The van der Waals surface area contributed by atoms with Gasteiger partial charge in [0.05, 0.1) is 0 Å². The third-order valence-electron chi connectivity index (χ3n) is 3.55. The third kappa shape index (κ3) is 3.10. The number of carbonyl (C=O) groups excluding carboxylic acids is 1. The predicted molar refractivity (Wildman–Crippen MR) is 88.4 cm³/mol. The van der Waals surface area contributed by atoms with Crippen molar-refractivity contribution < 1.29 is 4.79 Å². The van der Waals surface area contributed by atoms with Crippen molar-refractivity contribution in [2.45, 2.75) is 26.3 Å². The van der Waals surface area contributed by atoms with Gasteiger partial charge in [-0.15, -0.1) is 23.7 Å². The highest BCUT2D eigenvalue weighted by Crippen LogP contribution is 2.29. The zero-order valence-electron chi connectivity index (χ0n) is 11.8. The van der Waals surface area contributed by atoms with E-state index in [2.05, 4.69) is 23.2 Å². The SMILES string of the molecule is Cc1ccc2c(c1)N(C(=O)c1csc(CN)n1)CCC2.Cl. The maximum absolute atomic E-state index is 12.6. The molecule has 112 valence electrons. The van der Waals surface area contributed by atoms with E-state index in [-0.39, 0.29) is 18.3 Å². The molecular weight excluding hydrogens is 306 g/mol. The van der Waals surface area contributed by atoms with Crippen molar-refractivity contribution >= 4 is 35.3 Å².